The molecule has 0 saturated carbocycles. The molecule has 2 nitrogen and oxygen atoms in total. The first-order valence-electron chi connectivity index (χ1n) is 3.15. The van der Waals surface area contributed by atoms with Crippen LogP contribution < -0.4 is 5.73 Å². The van der Waals surface area contributed by atoms with Gasteiger partial charge in [-0.15, -0.1) is 0 Å². The van der Waals surface area contributed by atoms with Crippen LogP contribution in [-0.4, -0.2) is 11.7 Å². The van der Waals surface area contributed by atoms with Gasteiger partial charge in [0.1, 0.15) is 0 Å². The van der Waals surface area contributed by atoms with E-state index in [0.717, 1.165) is 11.3 Å². The third-order valence-electron chi connectivity index (χ3n) is 1.37. The molecule has 0 bridgehead atoms. The third kappa shape index (κ3) is 2.51. The molecule has 0 saturated heterocycles. The van der Waals surface area contributed by atoms with Crippen LogP contribution in [0.4, 0.5) is 0 Å². The van der Waals surface area contributed by atoms with E-state index in [1.165, 1.54) is 0 Å². The zero-order valence-electron chi connectivity index (χ0n) is 6.31. The zero-order valence-corrected chi connectivity index (χ0v) is 6.31. The number of rotatable bonds is 2. The van der Waals surface area contributed by atoms with Gasteiger partial charge < -0.3 is 10.8 Å². The highest BCUT2D eigenvalue weighted by Gasteiger charge is 2.02. The van der Waals surface area contributed by atoms with Crippen molar-refractivity contribution in [2.45, 2.75) is 20.8 Å². The van der Waals surface area contributed by atoms with E-state index in [1.807, 2.05) is 20.8 Å². The maximum Gasteiger partial charge on any atom is 0.0663 e. The molecule has 0 amide bonds. The zero-order chi connectivity index (χ0) is 7.44. The van der Waals surface area contributed by atoms with E-state index < -0.39 is 0 Å². The van der Waals surface area contributed by atoms with Gasteiger partial charge in [0, 0.05) is 5.70 Å². The molecule has 0 aromatic carbocycles. The van der Waals surface area contributed by atoms with Crippen LogP contribution in [0.2, 0.25) is 0 Å². The van der Waals surface area contributed by atoms with Crippen molar-refractivity contribution in [1.29, 1.82) is 0 Å². The second kappa shape index (κ2) is 3.51. The Morgan fingerprint density at radius 1 is 1.56 bits per heavy atom. The maximum atomic E-state index is 8.73. The Labute approximate surface area is 56.4 Å². The van der Waals surface area contributed by atoms with Crippen molar-refractivity contribution in [2.75, 3.05) is 6.61 Å². The second-order valence-corrected chi connectivity index (χ2v) is 2.52. The predicted octanol–water partition coefficient (Wildman–Crippen LogP) is 0.867. The lowest BCUT2D eigenvalue weighted by molar-refractivity contribution is 0.317. The van der Waals surface area contributed by atoms with Crippen molar-refractivity contribution in [1.82, 2.24) is 0 Å². The molecule has 0 atom stereocenters. The van der Waals surface area contributed by atoms with E-state index in [4.69, 9.17) is 10.8 Å². The van der Waals surface area contributed by atoms with Gasteiger partial charge in [0.2, 0.25) is 0 Å². The van der Waals surface area contributed by atoms with E-state index in [0.29, 0.717) is 5.92 Å². The molecular weight excluding hydrogens is 114 g/mol. The van der Waals surface area contributed by atoms with Gasteiger partial charge in [0.25, 0.3) is 0 Å². The van der Waals surface area contributed by atoms with E-state index >= 15 is 0 Å². The van der Waals surface area contributed by atoms with Crippen LogP contribution in [0.3, 0.4) is 0 Å². The fourth-order valence-corrected chi connectivity index (χ4v) is 0.763. The first-order valence-corrected chi connectivity index (χ1v) is 3.15. The van der Waals surface area contributed by atoms with Crippen molar-refractivity contribution < 1.29 is 5.11 Å². The lowest BCUT2D eigenvalue weighted by Gasteiger charge is -2.08. The molecule has 0 aliphatic heterocycles. The average Bonchev–Trinajstić information content (AvgIpc) is 1.64. The average molecular weight is 129 g/mol. The van der Waals surface area contributed by atoms with Crippen LogP contribution in [0, 0.1) is 5.92 Å². The standard InChI is InChI=1S/C7H15NO/c1-5(2)7(4-9)6(3)8/h5,9H,4,8H2,1-3H3/b7-6-. The van der Waals surface area contributed by atoms with E-state index in [1.54, 1.807) is 0 Å². The lowest BCUT2D eigenvalue weighted by atomic mass is 10.0. The summed E-state index contributed by atoms with van der Waals surface area (Å²) in [5.74, 6) is 0.361. The van der Waals surface area contributed by atoms with Crippen LogP contribution >= 0.6 is 0 Å². The minimum absolute atomic E-state index is 0.0833. The molecule has 54 valence electrons. The van der Waals surface area contributed by atoms with Gasteiger partial charge in [0.15, 0.2) is 0 Å². The number of hydrogen-bond acceptors (Lipinski definition) is 2. The van der Waals surface area contributed by atoms with Crippen LogP contribution in [0.15, 0.2) is 11.3 Å². The molecule has 0 aromatic rings. The molecule has 0 aliphatic rings. The van der Waals surface area contributed by atoms with Crippen molar-refractivity contribution in [3.05, 3.63) is 11.3 Å². The Hall–Kier alpha value is -0.500. The molecule has 0 aliphatic carbocycles. The van der Waals surface area contributed by atoms with Gasteiger partial charge in [-0.1, -0.05) is 13.8 Å². The van der Waals surface area contributed by atoms with Crippen LogP contribution in [-0.2, 0) is 0 Å². The monoisotopic (exact) mass is 129 g/mol. The number of aliphatic hydroxyl groups is 1. The van der Waals surface area contributed by atoms with Crippen molar-refractivity contribution in [2.24, 2.45) is 11.7 Å². The summed E-state index contributed by atoms with van der Waals surface area (Å²) < 4.78 is 0. The largest absolute Gasteiger partial charge is 0.402 e. The van der Waals surface area contributed by atoms with Crippen molar-refractivity contribution >= 4 is 0 Å². The summed E-state index contributed by atoms with van der Waals surface area (Å²) in [6, 6.07) is 0. The fourth-order valence-electron chi connectivity index (χ4n) is 0.763. The van der Waals surface area contributed by atoms with Gasteiger partial charge in [-0.05, 0) is 18.4 Å². The van der Waals surface area contributed by atoms with Crippen molar-refractivity contribution in [3.8, 4) is 0 Å². The lowest BCUT2D eigenvalue weighted by Crippen LogP contribution is -2.07. The normalized spacial score (nSPS) is 13.9. The topological polar surface area (TPSA) is 46.2 Å². The van der Waals surface area contributed by atoms with Crippen LogP contribution in [0.1, 0.15) is 20.8 Å². The summed E-state index contributed by atoms with van der Waals surface area (Å²) in [5, 5.41) is 8.73. The van der Waals surface area contributed by atoms with Gasteiger partial charge >= 0.3 is 0 Å². The first kappa shape index (κ1) is 8.50. The Bertz CT molecular complexity index is 112. The minimum Gasteiger partial charge on any atom is -0.402 e. The summed E-state index contributed by atoms with van der Waals surface area (Å²) >= 11 is 0. The molecule has 0 aromatic heterocycles. The molecule has 0 rings (SSSR count). The second-order valence-electron chi connectivity index (χ2n) is 2.52. The Balaban J connectivity index is 4.16. The number of aliphatic hydroxyl groups excluding tert-OH is 1. The Morgan fingerprint density at radius 2 is 2.00 bits per heavy atom. The first-order chi connectivity index (χ1) is 4.09. The highest BCUT2D eigenvalue weighted by molar-refractivity contribution is 5.10. The highest BCUT2D eigenvalue weighted by Crippen LogP contribution is 2.09. The Kier molecular flexibility index (Phi) is 3.32. The molecule has 0 heterocycles. The highest BCUT2D eigenvalue weighted by atomic mass is 16.3. The summed E-state index contributed by atoms with van der Waals surface area (Å²) in [4.78, 5) is 0. The number of allylic oxidation sites excluding steroid dienone is 1. The van der Waals surface area contributed by atoms with Gasteiger partial charge in [0.05, 0.1) is 6.61 Å². The van der Waals surface area contributed by atoms with E-state index in [2.05, 4.69) is 0 Å². The number of hydrogen-bond donors (Lipinski definition) is 2. The molecule has 0 fully saturated rings. The van der Waals surface area contributed by atoms with Crippen LogP contribution in [0.25, 0.3) is 0 Å². The molecule has 2 heteroatoms. The summed E-state index contributed by atoms with van der Waals surface area (Å²) in [6.45, 7) is 5.93. The summed E-state index contributed by atoms with van der Waals surface area (Å²) in [6.07, 6.45) is 0. The molecule has 9 heavy (non-hydrogen) atoms. The third-order valence-corrected chi connectivity index (χ3v) is 1.37. The quantitative estimate of drug-likeness (QED) is 0.581. The molecule has 3 N–H and O–H groups in total. The number of nitrogens with two attached hydrogens (primary N) is 1. The maximum absolute atomic E-state index is 8.73. The predicted molar refractivity (Wildman–Crippen MR) is 38.8 cm³/mol. The van der Waals surface area contributed by atoms with E-state index in [-0.39, 0.29) is 6.61 Å². The molecular formula is C7H15NO. The van der Waals surface area contributed by atoms with Gasteiger partial charge in [-0.2, -0.15) is 0 Å². The van der Waals surface area contributed by atoms with Gasteiger partial charge in [-0.3, -0.25) is 0 Å². The molecule has 0 unspecified atom stereocenters. The van der Waals surface area contributed by atoms with Crippen LogP contribution in [0.5, 0.6) is 0 Å². The van der Waals surface area contributed by atoms with Gasteiger partial charge in [-0.25, -0.2) is 0 Å². The Morgan fingerprint density at radius 3 is 2.00 bits per heavy atom. The SMILES string of the molecule is C/C(N)=C(\CO)C(C)C. The molecule has 0 spiro atoms. The van der Waals surface area contributed by atoms with Crippen molar-refractivity contribution in [3.63, 3.8) is 0 Å². The summed E-state index contributed by atoms with van der Waals surface area (Å²) in [7, 11) is 0. The minimum atomic E-state index is 0.0833. The fraction of sp³-hybridized carbons (Fsp3) is 0.714. The smallest absolute Gasteiger partial charge is 0.0663 e. The molecule has 0 radical (unpaired) electrons. The van der Waals surface area contributed by atoms with E-state index in [9.17, 15) is 0 Å². The summed E-state index contributed by atoms with van der Waals surface area (Å²) in [5.41, 5.74) is 7.15.